The highest BCUT2D eigenvalue weighted by molar-refractivity contribution is 6.08. The number of urea groups is 1. The summed E-state index contributed by atoms with van der Waals surface area (Å²) >= 11 is 0. The molecular formula is C27H32N2O6. The van der Waals surface area contributed by atoms with E-state index in [-0.39, 0.29) is 25.1 Å². The molecule has 8 heteroatoms. The van der Waals surface area contributed by atoms with E-state index in [0.29, 0.717) is 46.7 Å². The van der Waals surface area contributed by atoms with Crippen molar-refractivity contribution in [2.24, 2.45) is 0 Å². The molecule has 0 radical (unpaired) electrons. The maximum absolute atomic E-state index is 12.8. The molecule has 0 unspecified atom stereocenters. The molecule has 2 N–H and O–H groups in total. The molecule has 186 valence electrons. The SMILES string of the molecule is COc1c(C)c2c(c(NC(=O)Nc3ccccc3)c1C/C=C(\C)CCC(=O)OC(C)C)C(=O)OC2. The lowest BCUT2D eigenvalue weighted by Crippen LogP contribution is -2.22. The average molecular weight is 481 g/mol. The van der Waals surface area contributed by atoms with Crippen molar-refractivity contribution in [2.75, 3.05) is 17.7 Å². The van der Waals surface area contributed by atoms with Crippen LogP contribution in [0.5, 0.6) is 5.75 Å². The van der Waals surface area contributed by atoms with Crippen LogP contribution in [0.25, 0.3) is 0 Å². The number of esters is 2. The summed E-state index contributed by atoms with van der Waals surface area (Å²) in [5, 5.41) is 5.63. The Morgan fingerprint density at radius 1 is 1.14 bits per heavy atom. The lowest BCUT2D eigenvalue weighted by Gasteiger charge is -2.20. The second-order valence-electron chi connectivity index (χ2n) is 8.68. The van der Waals surface area contributed by atoms with Crippen molar-refractivity contribution < 1.29 is 28.6 Å². The first-order valence-corrected chi connectivity index (χ1v) is 11.6. The Morgan fingerprint density at radius 2 is 1.86 bits per heavy atom. The van der Waals surface area contributed by atoms with Gasteiger partial charge in [0.05, 0.1) is 24.5 Å². The number of benzene rings is 2. The molecule has 1 aliphatic heterocycles. The Balaban J connectivity index is 1.91. The smallest absolute Gasteiger partial charge is 0.341 e. The van der Waals surface area contributed by atoms with Crippen LogP contribution >= 0.6 is 0 Å². The van der Waals surface area contributed by atoms with Crippen molar-refractivity contribution in [3.05, 3.63) is 64.2 Å². The quantitative estimate of drug-likeness (QED) is 0.361. The monoisotopic (exact) mass is 480 g/mol. The van der Waals surface area contributed by atoms with Crippen LogP contribution in [0.4, 0.5) is 16.2 Å². The number of nitrogens with one attached hydrogen (secondary N) is 2. The summed E-state index contributed by atoms with van der Waals surface area (Å²) in [5.74, 6) is -0.152. The molecule has 1 heterocycles. The van der Waals surface area contributed by atoms with Crippen molar-refractivity contribution in [1.82, 2.24) is 0 Å². The van der Waals surface area contributed by atoms with Gasteiger partial charge in [0, 0.05) is 23.2 Å². The van der Waals surface area contributed by atoms with Crippen LogP contribution in [0.3, 0.4) is 0 Å². The van der Waals surface area contributed by atoms with Crippen molar-refractivity contribution in [1.29, 1.82) is 0 Å². The Kier molecular flexibility index (Phi) is 8.52. The predicted octanol–water partition coefficient (Wildman–Crippen LogP) is 5.54. The zero-order chi connectivity index (χ0) is 25.5. The Hall–Kier alpha value is -3.81. The van der Waals surface area contributed by atoms with Gasteiger partial charge in [-0.1, -0.05) is 29.8 Å². The van der Waals surface area contributed by atoms with Gasteiger partial charge in [0.15, 0.2) is 0 Å². The number of hydrogen-bond acceptors (Lipinski definition) is 6. The first-order chi connectivity index (χ1) is 16.7. The number of carbonyl (C=O) groups is 3. The highest BCUT2D eigenvalue weighted by Crippen LogP contribution is 2.41. The minimum atomic E-state index is -0.487. The summed E-state index contributed by atoms with van der Waals surface area (Å²) in [4.78, 5) is 37.4. The first-order valence-electron chi connectivity index (χ1n) is 11.6. The average Bonchev–Trinajstić information content (AvgIpc) is 3.20. The minimum absolute atomic E-state index is 0.123. The highest BCUT2D eigenvalue weighted by atomic mass is 16.5. The zero-order valence-electron chi connectivity index (χ0n) is 20.8. The van der Waals surface area contributed by atoms with Gasteiger partial charge < -0.3 is 24.8 Å². The Bertz CT molecular complexity index is 1140. The van der Waals surface area contributed by atoms with E-state index in [1.54, 1.807) is 19.2 Å². The summed E-state index contributed by atoms with van der Waals surface area (Å²) < 4.78 is 16.2. The Labute approximate surface area is 205 Å². The molecule has 0 saturated heterocycles. The van der Waals surface area contributed by atoms with E-state index in [4.69, 9.17) is 14.2 Å². The molecule has 0 saturated carbocycles. The largest absolute Gasteiger partial charge is 0.496 e. The van der Waals surface area contributed by atoms with Gasteiger partial charge in [-0.2, -0.15) is 0 Å². The molecule has 2 aromatic rings. The number of carbonyl (C=O) groups excluding carboxylic acids is 3. The van der Waals surface area contributed by atoms with Gasteiger partial charge in [-0.3, -0.25) is 4.79 Å². The molecule has 0 atom stereocenters. The van der Waals surface area contributed by atoms with Gasteiger partial charge in [-0.05, 0) is 58.2 Å². The van der Waals surface area contributed by atoms with Crippen molar-refractivity contribution in [3.8, 4) is 5.75 Å². The van der Waals surface area contributed by atoms with Crippen LogP contribution in [0.2, 0.25) is 0 Å². The third-order valence-corrected chi connectivity index (χ3v) is 5.69. The molecule has 0 bridgehead atoms. The van der Waals surface area contributed by atoms with Gasteiger partial charge in [0.25, 0.3) is 0 Å². The molecule has 2 aromatic carbocycles. The highest BCUT2D eigenvalue weighted by Gasteiger charge is 2.32. The van der Waals surface area contributed by atoms with E-state index in [1.807, 2.05) is 52.0 Å². The number of allylic oxidation sites excluding steroid dienone is 2. The fraction of sp³-hybridized carbons (Fsp3) is 0.370. The van der Waals surface area contributed by atoms with Crippen molar-refractivity contribution in [3.63, 3.8) is 0 Å². The van der Waals surface area contributed by atoms with Gasteiger partial charge in [-0.25, -0.2) is 9.59 Å². The lowest BCUT2D eigenvalue weighted by atomic mass is 9.93. The molecule has 35 heavy (non-hydrogen) atoms. The number of anilines is 2. The summed E-state index contributed by atoms with van der Waals surface area (Å²) in [5.41, 5.74) is 4.46. The normalized spacial score (nSPS) is 12.7. The summed E-state index contributed by atoms with van der Waals surface area (Å²) in [6, 6.07) is 8.54. The Morgan fingerprint density at radius 3 is 2.51 bits per heavy atom. The van der Waals surface area contributed by atoms with Crippen LogP contribution in [-0.4, -0.2) is 31.2 Å². The van der Waals surface area contributed by atoms with Crippen LogP contribution < -0.4 is 15.4 Å². The molecule has 0 spiro atoms. The van der Waals surface area contributed by atoms with Gasteiger partial charge >= 0.3 is 18.0 Å². The number of rotatable bonds is 9. The van der Waals surface area contributed by atoms with Crippen molar-refractivity contribution >= 4 is 29.3 Å². The van der Waals surface area contributed by atoms with E-state index in [1.165, 1.54) is 0 Å². The second-order valence-corrected chi connectivity index (χ2v) is 8.68. The van der Waals surface area contributed by atoms with Crippen LogP contribution in [-0.2, 0) is 27.3 Å². The molecule has 8 nitrogen and oxygen atoms in total. The topological polar surface area (TPSA) is 103 Å². The van der Waals surface area contributed by atoms with E-state index in [2.05, 4.69) is 10.6 Å². The van der Waals surface area contributed by atoms with E-state index in [0.717, 1.165) is 11.1 Å². The van der Waals surface area contributed by atoms with E-state index < -0.39 is 12.0 Å². The molecule has 0 fully saturated rings. The number of hydrogen-bond donors (Lipinski definition) is 2. The zero-order valence-corrected chi connectivity index (χ0v) is 20.8. The number of fused-ring (bicyclic) bond motifs is 1. The number of methoxy groups -OCH3 is 1. The standard InChI is InChI=1S/C27H32N2O6/c1-16(2)35-22(30)14-12-17(3)11-13-20-24(29-27(32)28-19-9-7-6-8-10-19)23-21(15-34-26(23)31)18(4)25(20)33-5/h6-11,16H,12-15H2,1-5H3,(H2,28,29,32)/b17-11+. The van der Waals surface area contributed by atoms with Gasteiger partial charge in [-0.15, -0.1) is 0 Å². The number of cyclic esters (lactones) is 1. The third-order valence-electron chi connectivity index (χ3n) is 5.69. The molecule has 0 aromatic heterocycles. The molecular weight excluding hydrogens is 448 g/mol. The second kappa shape index (κ2) is 11.6. The summed E-state index contributed by atoms with van der Waals surface area (Å²) in [6.07, 6.45) is 3.01. The van der Waals surface area contributed by atoms with Crippen LogP contribution in [0.15, 0.2) is 42.0 Å². The first kappa shape index (κ1) is 25.8. The van der Waals surface area contributed by atoms with E-state index in [9.17, 15) is 14.4 Å². The molecule has 2 amide bonds. The molecule has 0 aliphatic carbocycles. The summed E-state index contributed by atoms with van der Waals surface area (Å²) in [7, 11) is 1.56. The van der Waals surface area contributed by atoms with E-state index >= 15 is 0 Å². The number of amides is 2. The maximum atomic E-state index is 12.8. The predicted molar refractivity (Wildman–Crippen MR) is 134 cm³/mol. The van der Waals surface area contributed by atoms with Crippen LogP contribution in [0, 0.1) is 6.92 Å². The number of ether oxygens (including phenoxy) is 3. The molecule has 1 aliphatic rings. The summed E-state index contributed by atoms with van der Waals surface area (Å²) in [6.45, 7) is 7.56. The van der Waals surface area contributed by atoms with Crippen molar-refractivity contribution in [2.45, 2.75) is 59.7 Å². The molecule has 3 rings (SSSR count). The van der Waals surface area contributed by atoms with Gasteiger partial charge in [0.2, 0.25) is 0 Å². The fourth-order valence-corrected chi connectivity index (χ4v) is 3.99. The fourth-order valence-electron chi connectivity index (χ4n) is 3.99. The van der Waals surface area contributed by atoms with Crippen LogP contribution in [0.1, 0.15) is 60.7 Å². The third kappa shape index (κ3) is 6.41. The maximum Gasteiger partial charge on any atom is 0.341 e. The minimum Gasteiger partial charge on any atom is -0.496 e. The van der Waals surface area contributed by atoms with Gasteiger partial charge in [0.1, 0.15) is 12.4 Å². The lowest BCUT2D eigenvalue weighted by molar-refractivity contribution is -0.147. The number of para-hydroxylation sites is 1.